The highest BCUT2D eigenvalue weighted by Crippen LogP contribution is 2.50. The highest BCUT2D eigenvalue weighted by Gasteiger charge is 2.41. The zero-order chi connectivity index (χ0) is 20.1. The quantitative estimate of drug-likeness (QED) is 0.534. The van der Waals surface area contributed by atoms with E-state index in [1.807, 2.05) is 54.9 Å². The fourth-order valence-corrected chi connectivity index (χ4v) is 4.20. The Kier molecular flexibility index (Phi) is 3.78. The molecular formula is C21H14ClN7O. The van der Waals surface area contributed by atoms with Crippen molar-refractivity contribution in [3.63, 3.8) is 0 Å². The van der Waals surface area contributed by atoms with E-state index >= 15 is 0 Å². The van der Waals surface area contributed by atoms with E-state index in [1.54, 1.807) is 17.1 Å². The van der Waals surface area contributed by atoms with Crippen molar-refractivity contribution in [2.45, 2.75) is 12.1 Å². The molecule has 0 radical (unpaired) electrons. The third-order valence-corrected chi connectivity index (χ3v) is 5.52. The van der Waals surface area contributed by atoms with Gasteiger partial charge in [0.2, 0.25) is 5.95 Å². The maximum atomic E-state index is 6.49. The number of benzene rings is 1. The normalized spacial score (nSPS) is 19.2. The Balaban J connectivity index is 1.65. The van der Waals surface area contributed by atoms with Crippen LogP contribution in [0.25, 0.3) is 5.70 Å². The zero-order valence-corrected chi connectivity index (χ0v) is 16.2. The number of fused-ring (bicyclic) bond motifs is 3. The number of ether oxygens (including phenoxy) is 1. The van der Waals surface area contributed by atoms with Crippen LogP contribution in [0.4, 0.5) is 5.95 Å². The summed E-state index contributed by atoms with van der Waals surface area (Å²) in [6, 6.07) is 13.1. The Labute approximate surface area is 176 Å². The molecule has 6 rings (SSSR count). The maximum absolute atomic E-state index is 6.49. The lowest BCUT2D eigenvalue weighted by Gasteiger charge is -2.38. The largest absolute Gasteiger partial charge is 0.480 e. The van der Waals surface area contributed by atoms with Gasteiger partial charge in [0.05, 0.1) is 5.70 Å². The minimum Gasteiger partial charge on any atom is -0.480 e. The summed E-state index contributed by atoms with van der Waals surface area (Å²) in [6.07, 6.45) is 6.72. The van der Waals surface area contributed by atoms with Gasteiger partial charge in [0.15, 0.2) is 6.10 Å². The van der Waals surface area contributed by atoms with Crippen molar-refractivity contribution in [1.29, 1.82) is 0 Å². The molecule has 2 aliphatic rings. The molecule has 5 heterocycles. The van der Waals surface area contributed by atoms with Gasteiger partial charge in [-0.25, -0.2) is 0 Å². The van der Waals surface area contributed by atoms with Gasteiger partial charge >= 0.3 is 0 Å². The molecule has 0 spiro atoms. The Morgan fingerprint density at radius 1 is 1.00 bits per heavy atom. The number of halogens is 1. The second-order valence-electron chi connectivity index (χ2n) is 7.02. The average molecular weight is 416 g/mol. The summed E-state index contributed by atoms with van der Waals surface area (Å²) in [5.41, 5.74) is 4.58. The minimum atomic E-state index is -0.391. The van der Waals surface area contributed by atoms with Gasteiger partial charge in [-0.3, -0.25) is 9.97 Å². The van der Waals surface area contributed by atoms with Gasteiger partial charge in [0, 0.05) is 46.5 Å². The molecule has 0 unspecified atom stereocenters. The average Bonchev–Trinajstić information content (AvgIpc) is 3.27. The van der Waals surface area contributed by atoms with Crippen LogP contribution in [0.2, 0.25) is 5.02 Å². The third kappa shape index (κ3) is 2.57. The second kappa shape index (κ2) is 6.64. The number of hydrogen-bond donors (Lipinski definition) is 1. The van der Waals surface area contributed by atoms with Crippen molar-refractivity contribution in [2.24, 2.45) is 0 Å². The molecule has 4 aromatic rings. The van der Waals surface area contributed by atoms with Crippen molar-refractivity contribution >= 4 is 23.2 Å². The molecule has 0 saturated carbocycles. The van der Waals surface area contributed by atoms with Gasteiger partial charge in [-0.05, 0) is 46.3 Å². The summed E-state index contributed by atoms with van der Waals surface area (Å²) >= 11 is 6.32. The van der Waals surface area contributed by atoms with Gasteiger partial charge in [-0.15, -0.1) is 0 Å². The van der Waals surface area contributed by atoms with Crippen molar-refractivity contribution in [3.8, 4) is 5.75 Å². The molecule has 8 nitrogen and oxygen atoms in total. The lowest BCUT2D eigenvalue weighted by Crippen LogP contribution is -2.32. The molecule has 0 aliphatic carbocycles. The summed E-state index contributed by atoms with van der Waals surface area (Å²) in [4.78, 5) is 8.61. The van der Waals surface area contributed by atoms with Gasteiger partial charge in [0.1, 0.15) is 11.8 Å². The molecule has 1 aromatic carbocycles. The summed E-state index contributed by atoms with van der Waals surface area (Å²) in [7, 11) is 0. The Bertz CT molecular complexity index is 1270. The highest BCUT2D eigenvalue weighted by molar-refractivity contribution is 6.30. The SMILES string of the molecule is Clc1ccc2c(c1)C1=C([C@H](c3cccnc3)n3nnnc3N1)[C@@H](c1cccnc1)O2. The summed E-state index contributed by atoms with van der Waals surface area (Å²) in [6.45, 7) is 0. The second-order valence-corrected chi connectivity index (χ2v) is 7.45. The fourth-order valence-electron chi connectivity index (χ4n) is 4.03. The maximum Gasteiger partial charge on any atom is 0.248 e. The van der Waals surface area contributed by atoms with E-state index in [-0.39, 0.29) is 6.04 Å². The monoisotopic (exact) mass is 415 g/mol. The zero-order valence-electron chi connectivity index (χ0n) is 15.5. The predicted molar refractivity (Wildman–Crippen MR) is 110 cm³/mol. The van der Waals surface area contributed by atoms with Crippen LogP contribution in [-0.4, -0.2) is 30.2 Å². The number of anilines is 1. The van der Waals surface area contributed by atoms with Gasteiger partial charge < -0.3 is 10.1 Å². The molecular weight excluding hydrogens is 402 g/mol. The van der Waals surface area contributed by atoms with E-state index in [2.05, 4.69) is 30.8 Å². The fraction of sp³-hybridized carbons (Fsp3) is 0.0952. The van der Waals surface area contributed by atoms with Gasteiger partial charge in [-0.2, -0.15) is 4.68 Å². The Hall–Kier alpha value is -3.78. The first-order valence-corrected chi connectivity index (χ1v) is 9.73. The van der Waals surface area contributed by atoms with Crippen molar-refractivity contribution in [1.82, 2.24) is 30.2 Å². The van der Waals surface area contributed by atoms with E-state index in [9.17, 15) is 0 Å². The smallest absolute Gasteiger partial charge is 0.248 e. The van der Waals surface area contributed by atoms with E-state index in [0.717, 1.165) is 33.7 Å². The molecule has 0 bridgehead atoms. The first-order valence-electron chi connectivity index (χ1n) is 9.35. The number of rotatable bonds is 2. The van der Waals surface area contributed by atoms with Crippen LogP contribution in [0.1, 0.15) is 28.8 Å². The topological polar surface area (TPSA) is 90.6 Å². The predicted octanol–water partition coefficient (Wildman–Crippen LogP) is 3.68. The lowest BCUT2D eigenvalue weighted by atomic mass is 9.85. The van der Waals surface area contributed by atoms with Crippen LogP contribution < -0.4 is 10.1 Å². The van der Waals surface area contributed by atoms with Crippen LogP contribution in [0.15, 0.2) is 72.8 Å². The van der Waals surface area contributed by atoms with Gasteiger partial charge in [0.25, 0.3) is 0 Å². The number of aromatic nitrogens is 6. The van der Waals surface area contributed by atoms with Crippen LogP contribution in [0, 0.1) is 0 Å². The number of hydrogen-bond acceptors (Lipinski definition) is 7. The molecule has 30 heavy (non-hydrogen) atoms. The van der Waals surface area contributed by atoms with Crippen LogP contribution in [0.3, 0.4) is 0 Å². The van der Waals surface area contributed by atoms with Crippen LogP contribution in [0.5, 0.6) is 5.75 Å². The molecule has 0 saturated heterocycles. The van der Waals surface area contributed by atoms with Crippen LogP contribution in [-0.2, 0) is 0 Å². The Morgan fingerprint density at radius 3 is 2.57 bits per heavy atom. The molecule has 3 aromatic heterocycles. The molecule has 0 fully saturated rings. The van der Waals surface area contributed by atoms with Crippen molar-refractivity contribution < 1.29 is 4.74 Å². The number of tetrazole rings is 1. The van der Waals surface area contributed by atoms with Crippen molar-refractivity contribution in [3.05, 3.63) is 94.5 Å². The summed E-state index contributed by atoms with van der Waals surface area (Å²) in [5.74, 6) is 1.27. The summed E-state index contributed by atoms with van der Waals surface area (Å²) in [5, 5.41) is 16.3. The molecule has 2 atom stereocenters. The van der Waals surface area contributed by atoms with E-state index < -0.39 is 6.10 Å². The number of nitrogens with one attached hydrogen (secondary N) is 1. The van der Waals surface area contributed by atoms with Crippen molar-refractivity contribution in [2.75, 3.05) is 5.32 Å². The molecule has 1 N–H and O–H groups in total. The van der Waals surface area contributed by atoms with Crippen LogP contribution >= 0.6 is 11.6 Å². The summed E-state index contributed by atoms with van der Waals surface area (Å²) < 4.78 is 8.24. The number of pyridine rings is 2. The first-order chi connectivity index (χ1) is 14.8. The van der Waals surface area contributed by atoms with E-state index in [4.69, 9.17) is 16.3 Å². The molecule has 146 valence electrons. The first kappa shape index (κ1) is 17.1. The van der Waals surface area contributed by atoms with E-state index in [1.165, 1.54) is 0 Å². The lowest BCUT2D eigenvalue weighted by molar-refractivity contribution is 0.222. The minimum absolute atomic E-state index is 0.308. The molecule has 2 aliphatic heterocycles. The Morgan fingerprint density at radius 2 is 1.80 bits per heavy atom. The highest BCUT2D eigenvalue weighted by atomic mass is 35.5. The molecule has 9 heteroatoms. The third-order valence-electron chi connectivity index (χ3n) is 5.28. The van der Waals surface area contributed by atoms with Gasteiger partial charge in [-0.1, -0.05) is 28.8 Å². The standard InChI is InChI=1S/C21H14ClN7O/c22-14-5-6-16-15(9-14)18-17(20(30-16)13-4-2-8-24-11-13)19(12-3-1-7-23-10-12)29-21(25-18)26-27-28-29/h1-11,19-20H,(H,25,26,28)/t19-,20+/m0/s1. The van der Waals surface area contributed by atoms with E-state index in [0.29, 0.717) is 11.0 Å². The number of nitrogens with zero attached hydrogens (tertiary/aromatic N) is 6. The molecule has 0 amide bonds.